The topological polar surface area (TPSA) is 70.2 Å². The molecule has 0 bridgehead atoms. The number of benzene rings is 2. The van der Waals surface area contributed by atoms with E-state index < -0.39 is 0 Å². The van der Waals surface area contributed by atoms with Gasteiger partial charge in [-0.1, -0.05) is 19.1 Å². The van der Waals surface area contributed by atoms with Crippen molar-refractivity contribution in [3.8, 4) is 0 Å². The molecule has 3 N–H and O–H groups in total. The molecule has 2 amide bonds. The first-order valence-corrected chi connectivity index (χ1v) is 8.07. The van der Waals surface area contributed by atoms with Gasteiger partial charge in [0.2, 0.25) is 11.8 Å². The van der Waals surface area contributed by atoms with Crippen LogP contribution < -0.4 is 16.0 Å². The number of carbonyl (C=O) groups is 2. The summed E-state index contributed by atoms with van der Waals surface area (Å²) in [4.78, 5) is 23.5. The van der Waals surface area contributed by atoms with Gasteiger partial charge in [-0.2, -0.15) is 0 Å². The zero-order valence-corrected chi connectivity index (χ0v) is 14.1. The molecule has 2 rings (SSSR count). The second-order valence-corrected chi connectivity index (χ2v) is 5.65. The molecule has 0 heterocycles. The second kappa shape index (κ2) is 8.72. The fourth-order valence-corrected chi connectivity index (χ4v) is 2.23. The van der Waals surface area contributed by atoms with Gasteiger partial charge in [0.1, 0.15) is 0 Å². The van der Waals surface area contributed by atoms with Crippen molar-refractivity contribution in [3.63, 3.8) is 0 Å². The van der Waals surface area contributed by atoms with E-state index in [1.54, 1.807) is 24.3 Å². The molecule has 0 unspecified atom stereocenters. The monoisotopic (exact) mass is 325 g/mol. The molecule has 0 aliphatic carbocycles. The van der Waals surface area contributed by atoms with Gasteiger partial charge in [0, 0.05) is 23.5 Å². The molecule has 2 aromatic carbocycles. The summed E-state index contributed by atoms with van der Waals surface area (Å²) in [6, 6.07) is 15.0. The molecule has 0 fully saturated rings. The Bertz CT molecular complexity index is 696. The smallest absolute Gasteiger partial charge is 0.243 e. The number of anilines is 3. The van der Waals surface area contributed by atoms with Crippen molar-refractivity contribution in [1.29, 1.82) is 0 Å². The lowest BCUT2D eigenvalue weighted by atomic mass is 10.2. The van der Waals surface area contributed by atoms with Crippen LogP contribution in [0.5, 0.6) is 0 Å². The Morgan fingerprint density at radius 3 is 2.08 bits per heavy atom. The highest BCUT2D eigenvalue weighted by molar-refractivity contribution is 5.94. The average molecular weight is 325 g/mol. The Kier molecular flexibility index (Phi) is 6.37. The zero-order chi connectivity index (χ0) is 17.4. The maximum atomic E-state index is 12.0. The summed E-state index contributed by atoms with van der Waals surface area (Å²) in [6.45, 7) is 4.16. The van der Waals surface area contributed by atoms with Crippen molar-refractivity contribution >= 4 is 28.9 Å². The van der Waals surface area contributed by atoms with Gasteiger partial charge in [-0.3, -0.25) is 9.59 Å². The van der Waals surface area contributed by atoms with E-state index in [1.807, 2.05) is 38.1 Å². The standard InChI is InChI=1S/C19H23N3O2/c1-3-5-18(23)21-15-8-10-16(11-9-15)22-19(24)13-20-17-7-4-6-14(2)12-17/h4,6-12,20H,3,5,13H2,1-2H3,(H,21,23)(H,22,24). The zero-order valence-electron chi connectivity index (χ0n) is 14.1. The molecule has 2 aromatic rings. The first-order chi connectivity index (χ1) is 11.6. The summed E-state index contributed by atoms with van der Waals surface area (Å²) < 4.78 is 0. The predicted octanol–water partition coefficient (Wildman–Crippen LogP) is 3.78. The Morgan fingerprint density at radius 2 is 1.50 bits per heavy atom. The van der Waals surface area contributed by atoms with Gasteiger partial charge in [-0.25, -0.2) is 0 Å². The molecule has 126 valence electrons. The number of nitrogens with one attached hydrogen (secondary N) is 3. The van der Waals surface area contributed by atoms with Gasteiger partial charge >= 0.3 is 0 Å². The van der Waals surface area contributed by atoms with Gasteiger partial charge in [0.15, 0.2) is 0 Å². The van der Waals surface area contributed by atoms with Crippen LogP contribution in [0.2, 0.25) is 0 Å². The summed E-state index contributed by atoms with van der Waals surface area (Å²) in [5, 5.41) is 8.72. The summed E-state index contributed by atoms with van der Waals surface area (Å²) in [5.74, 6) is -0.129. The molecule has 5 nitrogen and oxygen atoms in total. The van der Waals surface area contributed by atoms with Crippen molar-refractivity contribution in [3.05, 3.63) is 54.1 Å². The number of carbonyl (C=O) groups excluding carboxylic acids is 2. The van der Waals surface area contributed by atoms with Gasteiger partial charge in [0.05, 0.1) is 6.54 Å². The van der Waals surface area contributed by atoms with E-state index in [-0.39, 0.29) is 18.4 Å². The summed E-state index contributed by atoms with van der Waals surface area (Å²) in [5.41, 5.74) is 3.48. The Hall–Kier alpha value is -2.82. The number of aryl methyl sites for hydroxylation is 1. The highest BCUT2D eigenvalue weighted by Crippen LogP contribution is 2.14. The highest BCUT2D eigenvalue weighted by atomic mass is 16.2. The molecule has 0 aliphatic rings. The minimum atomic E-state index is -0.126. The number of rotatable bonds is 7. The van der Waals surface area contributed by atoms with E-state index in [2.05, 4.69) is 16.0 Å². The minimum Gasteiger partial charge on any atom is -0.376 e. The fraction of sp³-hybridized carbons (Fsp3) is 0.263. The molecule has 0 saturated heterocycles. The Balaban J connectivity index is 1.82. The lowest BCUT2D eigenvalue weighted by Crippen LogP contribution is -2.21. The second-order valence-electron chi connectivity index (χ2n) is 5.65. The van der Waals surface area contributed by atoms with Crippen LogP contribution in [0.25, 0.3) is 0 Å². The number of amides is 2. The van der Waals surface area contributed by atoms with Crippen molar-refractivity contribution in [2.24, 2.45) is 0 Å². The van der Waals surface area contributed by atoms with Gasteiger partial charge in [0.25, 0.3) is 0 Å². The van der Waals surface area contributed by atoms with Crippen LogP contribution in [-0.2, 0) is 9.59 Å². The molecule has 0 spiro atoms. The van der Waals surface area contributed by atoms with E-state index in [0.29, 0.717) is 12.1 Å². The first-order valence-electron chi connectivity index (χ1n) is 8.07. The van der Waals surface area contributed by atoms with Crippen molar-refractivity contribution in [1.82, 2.24) is 0 Å². The van der Waals surface area contributed by atoms with Crippen LogP contribution in [0.3, 0.4) is 0 Å². The Labute approximate surface area is 142 Å². The minimum absolute atomic E-state index is 0.00311. The van der Waals surface area contributed by atoms with Crippen LogP contribution in [0.1, 0.15) is 25.3 Å². The molecule has 5 heteroatoms. The molecular formula is C19H23N3O2. The predicted molar refractivity (Wildman–Crippen MR) is 98.3 cm³/mol. The SMILES string of the molecule is CCCC(=O)Nc1ccc(NC(=O)CNc2cccc(C)c2)cc1. The van der Waals surface area contributed by atoms with Crippen LogP contribution >= 0.6 is 0 Å². The molecule has 0 aromatic heterocycles. The number of hydrogen-bond acceptors (Lipinski definition) is 3. The van der Waals surface area contributed by atoms with E-state index in [0.717, 1.165) is 23.4 Å². The maximum absolute atomic E-state index is 12.0. The lowest BCUT2D eigenvalue weighted by Gasteiger charge is -2.09. The van der Waals surface area contributed by atoms with E-state index >= 15 is 0 Å². The van der Waals surface area contributed by atoms with Gasteiger partial charge in [-0.05, 0) is 55.3 Å². The quantitative estimate of drug-likeness (QED) is 0.725. The van der Waals surface area contributed by atoms with E-state index in [9.17, 15) is 9.59 Å². The molecule has 0 radical (unpaired) electrons. The van der Waals surface area contributed by atoms with Crippen LogP contribution in [0, 0.1) is 6.92 Å². The third-order valence-corrected chi connectivity index (χ3v) is 3.40. The summed E-state index contributed by atoms with van der Waals surface area (Å²) >= 11 is 0. The largest absolute Gasteiger partial charge is 0.376 e. The third-order valence-electron chi connectivity index (χ3n) is 3.40. The van der Waals surface area contributed by atoms with Crippen molar-refractivity contribution < 1.29 is 9.59 Å². The van der Waals surface area contributed by atoms with Crippen molar-refractivity contribution in [2.75, 3.05) is 22.5 Å². The molecule has 0 atom stereocenters. The third kappa shape index (κ3) is 5.76. The summed E-state index contributed by atoms with van der Waals surface area (Å²) in [7, 11) is 0. The van der Waals surface area contributed by atoms with E-state index in [4.69, 9.17) is 0 Å². The van der Waals surface area contributed by atoms with Crippen LogP contribution in [0.15, 0.2) is 48.5 Å². The fourth-order valence-electron chi connectivity index (χ4n) is 2.23. The molecule has 0 saturated carbocycles. The van der Waals surface area contributed by atoms with Crippen LogP contribution in [-0.4, -0.2) is 18.4 Å². The lowest BCUT2D eigenvalue weighted by molar-refractivity contribution is -0.116. The molecule has 0 aliphatic heterocycles. The molecular weight excluding hydrogens is 302 g/mol. The number of hydrogen-bond donors (Lipinski definition) is 3. The summed E-state index contributed by atoms with van der Waals surface area (Å²) in [6.07, 6.45) is 1.32. The average Bonchev–Trinajstić information content (AvgIpc) is 2.55. The maximum Gasteiger partial charge on any atom is 0.243 e. The van der Waals surface area contributed by atoms with Gasteiger partial charge in [-0.15, -0.1) is 0 Å². The first kappa shape index (κ1) is 17.5. The Morgan fingerprint density at radius 1 is 0.875 bits per heavy atom. The van der Waals surface area contributed by atoms with Crippen LogP contribution in [0.4, 0.5) is 17.1 Å². The van der Waals surface area contributed by atoms with Gasteiger partial charge < -0.3 is 16.0 Å². The highest BCUT2D eigenvalue weighted by Gasteiger charge is 2.04. The normalized spacial score (nSPS) is 10.1. The van der Waals surface area contributed by atoms with E-state index in [1.165, 1.54) is 0 Å². The molecule has 24 heavy (non-hydrogen) atoms. The van der Waals surface area contributed by atoms with Crippen molar-refractivity contribution in [2.45, 2.75) is 26.7 Å².